The fourth-order valence-corrected chi connectivity index (χ4v) is 4.71. The molecule has 2 fully saturated rings. The van der Waals surface area contributed by atoms with Gasteiger partial charge in [0.15, 0.2) is 10.9 Å². The molecule has 2 aliphatic rings. The molecule has 0 bridgehead atoms. The normalized spacial score (nSPS) is 17.9. The quantitative estimate of drug-likeness (QED) is 0.489. The highest BCUT2D eigenvalue weighted by Crippen LogP contribution is 2.36. The molecule has 2 aromatic rings. The first-order chi connectivity index (χ1) is 15.4. The van der Waals surface area contributed by atoms with Crippen LogP contribution in [0.4, 0.5) is 5.69 Å². The zero-order chi connectivity index (χ0) is 22.7. The Kier molecular flexibility index (Phi) is 6.93. The molecule has 32 heavy (non-hydrogen) atoms. The average Bonchev–Trinajstić information content (AvgIpc) is 3.08. The summed E-state index contributed by atoms with van der Waals surface area (Å²) >= 11 is 6.76. The molecule has 2 saturated heterocycles. The van der Waals surface area contributed by atoms with Gasteiger partial charge in [0.05, 0.1) is 23.8 Å². The highest BCUT2D eigenvalue weighted by Gasteiger charge is 2.33. The molecule has 0 saturated carbocycles. The van der Waals surface area contributed by atoms with Gasteiger partial charge in [-0.2, -0.15) is 0 Å². The fraction of sp³-hybridized carbons (Fsp3) is 0.292. The van der Waals surface area contributed by atoms with Gasteiger partial charge in [0.1, 0.15) is 5.75 Å². The van der Waals surface area contributed by atoms with E-state index in [0.29, 0.717) is 41.3 Å². The molecule has 0 aromatic heterocycles. The predicted octanol–water partition coefficient (Wildman–Crippen LogP) is 3.95. The first kappa shape index (κ1) is 22.5. The summed E-state index contributed by atoms with van der Waals surface area (Å²) in [5.41, 5.74) is 3.93. The van der Waals surface area contributed by atoms with Gasteiger partial charge in [-0.1, -0.05) is 42.2 Å². The highest BCUT2D eigenvalue weighted by molar-refractivity contribution is 8.27. The number of carbonyl (C=O) groups is 2. The minimum absolute atomic E-state index is 0.00598. The van der Waals surface area contributed by atoms with Crippen LogP contribution in [0.2, 0.25) is 0 Å². The number of benzene rings is 2. The summed E-state index contributed by atoms with van der Waals surface area (Å²) in [5.74, 6) is 0.429. The molecule has 2 aromatic carbocycles. The van der Waals surface area contributed by atoms with E-state index in [1.54, 1.807) is 21.9 Å². The Hall–Kier alpha value is -2.68. The van der Waals surface area contributed by atoms with Gasteiger partial charge in [-0.3, -0.25) is 14.5 Å². The summed E-state index contributed by atoms with van der Waals surface area (Å²) in [7, 11) is 0. The van der Waals surface area contributed by atoms with E-state index in [1.165, 1.54) is 17.3 Å². The van der Waals surface area contributed by atoms with E-state index >= 15 is 0 Å². The number of thioether (sulfide) groups is 1. The topological polar surface area (TPSA) is 59.1 Å². The van der Waals surface area contributed by atoms with Crippen LogP contribution in [0.5, 0.6) is 5.75 Å². The Balaban J connectivity index is 1.40. The molecule has 0 unspecified atom stereocenters. The Labute approximate surface area is 197 Å². The van der Waals surface area contributed by atoms with Crippen molar-refractivity contribution in [3.05, 3.63) is 64.1 Å². The molecule has 0 N–H and O–H groups in total. The van der Waals surface area contributed by atoms with Gasteiger partial charge in [-0.25, -0.2) is 0 Å². The zero-order valence-electron chi connectivity index (χ0n) is 18.0. The Morgan fingerprint density at radius 3 is 2.53 bits per heavy atom. The van der Waals surface area contributed by atoms with Crippen LogP contribution in [0, 0.1) is 13.8 Å². The van der Waals surface area contributed by atoms with E-state index < -0.39 is 0 Å². The number of nitrogens with zero attached hydrogens (tertiary/aromatic N) is 2. The third-order valence-corrected chi connectivity index (χ3v) is 6.75. The standard InChI is InChI=1S/C24H24N2O4S2/c1-16-3-6-19(13-17(16)2)26-23(28)21(32-24(26)31)14-18-4-7-20(8-5-18)30-15-22(27)25-9-11-29-12-10-25/h3-8,13-14H,9-12,15H2,1-2H3/b21-14+. The largest absolute Gasteiger partial charge is 0.484 e. The maximum atomic E-state index is 13.0. The van der Waals surface area contributed by atoms with Gasteiger partial charge in [-0.15, -0.1) is 0 Å². The number of ether oxygens (including phenoxy) is 2. The highest BCUT2D eigenvalue weighted by atomic mass is 32.2. The first-order valence-corrected chi connectivity index (χ1v) is 11.6. The van der Waals surface area contributed by atoms with Crippen LogP contribution in [0.3, 0.4) is 0 Å². The summed E-state index contributed by atoms with van der Waals surface area (Å²) < 4.78 is 11.4. The number of morpholine rings is 1. The number of carbonyl (C=O) groups excluding carboxylic acids is 2. The SMILES string of the molecule is Cc1ccc(N2C(=O)/C(=C\c3ccc(OCC(=O)N4CCOCC4)cc3)SC2=S)cc1C. The summed E-state index contributed by atoms with van der Waals surface area (Å²) in [6.07, 6.45) is 1.82. The van der Waals surface area contributed by atoms with Crippen molar-refractivity contribution in [2.24, 2.45) is 0 Å². The number of thiocarbonyl (C=S) groups is 1. The second-order valence-corrected chi connectivity index (χ2v) is 9.31. The molecule has 0 atom stereocenters. The minimum atomic E-state index is -0.125. The first-order valence-electron chi connectivity index (χ1n) is 10.4. The van der Waals surface area contributed by atoms with Crippen molar-refractivity contribution in [2.75, 3.05) is 37.8 Å². The van der Waals surface area contributed by atoms with Crippen LogP contribution in [-0.2, 0) is 14.3 Å². The lowest BCUT2D eigenvalue weighted by atomic mass is 10.1. The lowest BCUT2D eigenvalue weighted by molar-refractivity contribution is -0.137. The molecule has 2 aliphatic heterocycles. The van der Waals surface area contributed by atoms with Gasteiger partial charge in [-0.05, 0) is 60.9 Å². The molecule has 6 nitrogen and oxygen atoms in total. The van der Waals surface area contributed by atoms with Crippen LogP contribution in [0.25, 0.3) is 6.08 Å². The van der Waals surface area contributed by atoms with E-state index in [1.807, 2.05) is 50.3 Å². The number of anilines is 1. The number of amides is 2. The molecule has 0 aliphatic carbocycles. The molecule has 8 heteroatoms. The van der Waals surface area contributed by atoms with Gasteiger partial charge >= 0.3 is 0 Å². The maximum absolute atomic E-state index is 13.0. The van der Waals surface area contributed by atoms with Crippen molar-refractivity contribution in [3.8, 4) is 5.75 Å². The van der Waals surface area contributed by atoms with E-state index in [2.05, 4.69) is 0 Å². The molecule has 4 rings (SSSR count). The van der Waals surface area contributed by atoms with E-state index in [9.17, 15) is 9.59 Å². The Morgan fingerprint density at radius 1 is 1.12 bits per heavy atom. The second kappa shape index (κ2) is 9.85. The number of hydrogen-bond acceptors (Lipinski definition) is 6. The Bertz CT molecular complexity index is 1080. The second-order valence-electron chi connectivity index (χ2n) is 7.64. The monoisotopic (exact) mass is 468 g/mol. The molecule has 2 amide bonds. The molecule has 0 radical (unpaired) electrons. The van der Waals surface area contributed by atoms with Gasteiger partial charge in [0.25, 0.3) is 11.8 Å². The maximum Gasteiger partial charge on any atom is 0.270 e. The van der Waals surface area contributed by atoms with Crippen LogP contribution < -0.4 is 9.64 Å². The fourth-order valence-electron chi connectivity index (χ4n) is 3.42. The lowest BCUT2D eigenvalue weighted by Crippen LogP contribution is -2.42. The third-order valence-electron chi connectivity index (χ3n) is 5.45. The van der Waals surface area contributed by atoms with Gasteiger partial charge < -0.3 is 14.4 Å². The Morgan fingerprint density at radius 2 is 1.84 bits per heavy atom. The van der Waals surface area contributed by atoms with Crippen LogP contribution >= 0.6 is 24.0 Å². The average molecular weight is 469 g/mol. The van der Waals surface area contributed by atoms with E-state index in [0.717, 1.165) is 16.8 Å². The van der Waals surface area contributed by atoms with Crippen molar-refractivity contribution in [1.29, 1.82) is 0 Å². The summed E-state index contributed by atoms with van der Waals surface area (Å²) in [4.78, 5) is 29.1. The van der Waals surface area contributed by atoms with Crippen molar-refractivity contribution < 1.29 is 19.1 Å². The predicted molar refractivity (Wildman–Crippen MR) is 131 cm³/mol. The number of aryl methyl sites for hydroxylation is 2. The smallest absolute Gasteiger partial charge is 0.270 e. The zero-order valence-corrected chi connectivity index (χ0v) is 19.6. The number of hydrogen-bond donors (Lipinski definition) is 0. The van der Waals surface area contributed by atoms with Crippen molar-refractivity contribution >= 4 is 51.9 Å². The number of rotatable bonds is 5. The molecular formula is C24H24N2O4S2. The van der Waals surface area contributed by atoms with E-state index in [4.69, 9.17) is 21.7 Å². The van der Waals surface area contributed by atoms with Crippen molar-refractivity contribution in [1.82, 2.24) is 4.90 Å². The van der Waals surface area contributed by atoms with Crippen LogP contribution in [0.1, 0.15) is 16.7 Å². The van der Waals surface area contributed by atoms with Gasteiger partial charge in [0, 0.05) is 13.1 Å². The third kappa shape index (κ3) is 5.03. The molecule has 2 heterocycles. The van der Waals surface area contributed by atoms with Crippen LogP contribution in [0.15, 0.2) is 47.4 Å². The van der Waals surface area contributed by atoms with Crippen LogP contribution in [-0.4, -0.2) is 53.9 Å². The van der Waals surface area contributed by atoms with Gasteiger partial charge in [0.2, 0.25) is 0 Å². The molecular weight excluding hydrogens is 444 g/mol. The summed E-state index contributed by atoms with van der Waals surface area (Å²) in [6, 6.07) is 13.2. The van der Waals surface area contributed by atoms with E-state index in [-0.39, 0.29) is 18.4 Å². The molecule has 166 valence electrons. The summed E-state index contributed by atoms with van der Waals surface area (Å²) in [5, 5.41) is 0. The van der Waals surface area contributed by atoms with Crippen molar-refractivity contribution in [3.63, 3.8) is 0 Å². The minimum Gasteiger partial charge on any atom is -0.484 e. The summed E-state index contributed by atoms with van der Waals surface area (Å²) in [6.45, 7) is 6.38. The lowest BCUT2D eigenvalue weighted by Gasteiger charge is -2.26. The van der Waals surface area contributed by atoms with Crippen molar-refractivity contribution in [2.45, 2.75) is 13.8 Å². The molecule has 0 spiro atoms.